The van der Waals surface area contributed by atoms with Gasteiger partial charge in [0.05, 0.1) is 6.54 Å². The molecule has 3 N–H and O–H groups in total. The topological polar surface area (TPSA) is 48.5 Å². The molecular formula is C14H25BrN4. The Kier molecular flexibility index (Phi) is 11.3. The molecule has 0 bridgehead atoms. The van der Waals surface area contributed by atoms with Crippen molar-refractivity contribution in [3.8, 4) is 0 Å². The highest BCUT2D eigenvalue weighted by Crippen LogP contribution is 1.96. The molecule has 0 aliphatic carbocycles. The maximum Gasteiger partial charge on any atom is 0.191 e. The fourth-order valence-electron chi connectivity index (χ4n) is 1.58. The van der Waals surface area contributed by atoms with E-state index in [1.54, 1.807) is 0 Å². The summed E-state index contributed by atoms with van der Waals surface area (Å²) in [6.45, 7) is 8.49. The summed E-state index contributed by atoms with van der Waals surface area (Å²) < 4.78 is 0. The summed E-state index contributed by atoms with van der Waals surface area (Å²) in [5.74, 6) is 0.890. The Morgan fingerprint density at radius 1 is 1.05 bits per heavy atom. The molecule has 0 heterocycles. The molecule has 5 heteroatoms. The summed E-state index contributed by atoms with van der Waals surface area (Å²) in [7, 11) is 0. The molecule has 108 valence electrons. The van der Waals surface area contributed by atoms with Crippen LogP contribution >= 0.6 is 17.0 Å². The van der Waals surface area contributed by atoms with E-state index >= 15 is 0 Å². The lowest BCUT2D eigenvalue weighted by Gasteiger charge is -2.09. The summed E-state index contributed by atoms with van der Waals surface area (Å²) in [4.78, 5) is 4.47. The van der Waals surface area contributed by atoms with Crippen molar-refractivity contribution in [1.82, 2.24) is 16.0 Å². The first-order chi connectivity index (χ1) is 8.86. The van der Waals surface area contributed by atoms with Gasteiger partial charge in [-0.2, -0.15) is 0 Å². The molecule has 0 aliphatic heterocycles. The van der Waals surface area contributed by atoms with Gasteiger partial charge in [0.25, 0.3) is 0 Å². The first-order valence-corrected chi connectivity index (χ1v) is 6.63. The van der Waals surface area contributed by atoms with E-state index in [0.717, 1.165) is 38.7 Å². The number of aliphatic imine (C=N–C) groups is 1. The van der Waals surface area contributed by atoms with E-state index in [1.165, 1.54) is 5.56 Å². The quantitative estimate of drug-likeness (QED) is 0.407. The fraction of sp³-hybridized carbons (Fsp3) is 0.500. The van der Waals surface area contributed by atoms with Gasteiger partial charge < -0.3 is 16.0 Å². The first-order valence-electron chi connectivity index (χ1n) is 6.63. The van der Waals surface area contributed by atoms with Crippen LogP contribution in [0.4, 0.5) is 0 Å². The number of hydrogen-bond donors (Lipinski definition) is 3. The summed E-state index contributed by atoms with van der Waals surface area (Å²) in [5.41, 5.74) is 1.31. The van der Waals surface area contributed by atoms with Gasteiger partial charge in [-0.05, 0) is 19.4 Å². The second kappa shape index (κ2) is 12.0. The maximum absolute atomic E-state index is 4.47. The van der Waals surface area contributed by atoms with Crippen LogP contribution < -0.4 is 16.0 Å². The number of rotatable bonds is 7. The van der Waals surface area contributed by atoms with E-state index in [4.69, 9.17) is 0 Å². The Morgan fingerprint density at radius 2 is 1.68 bits per heavy atom. The Labute approximate surface area is 126 Å². The lowest BCUT2D eigenvalue weighted by atomic mass is 10.2. The van der Waals surface area contributed by atoms with Gasteiger partial charge in [-0.15, -0.1) is 17.0 Å². The molecule has 0 aromatic heterocycles. The third-order valence-electron chi connectivity index (χ3n) is 2.42. The van der Waals surface area contributed by atoms with Crippen molar-refractivity contribution in [3.63, 3.8) is 0 Å². The number of guanidine groups is 1. The molecule has 1 aromatic carbocycles. The van der Waals surface area contributed by atoms with Gasteiger partial charge >= 0.3 is 0 Å². The monoisotopic (exact) mass is 328 g/mol. The van der Waals surface area contributed by atoms with E-state index < -0.39 is 0 Å². The zero-order valence-electron chi connectivity index (χ0n) is 11.8. The molecule has 19 heavy (non-hydrogen) atoms. The summed E-state index contributed by atoms with van der Waals surface area (Å²) in [5, 5.41) is 9.79. The highest BCUT2D eigenvalue weighted by atomic mass is 79.9. The molecule has 0 aliphatic rings. The highest BCUT2D eigenvalue weighted by molar-refractivity contribution is 8.93. The van der Waals surface area contributed by atoms with Gasteiger partial charge in [-0.25, -0.2) is 0 Å². The lowest BCUT2D eigenvalue weighted by Crippen LogP contribution is -2.37. The number of hydrogen-bond acceptors (Lipinski definition) is 2. The Hall–Kier alpha value is -1.07. The zero-order chi connectivity index (χ0) is 13.1. The Morgan fingerprint density at radius 3 is 2.26 bits per heavy atom. The molecule has 0 fully saturated rings. The fourth-order valence-corrected chi connectivity index (χ4v) is 1.58. The van der Waals surface area contributed by atoms with Crippen molar-refractivity contribution in [3.05, 3.63) is 35.9 Å². The highest BCUT2D eigenvalue weighted by Gasteiger charge is 1.93. The molecule has 1 aromatic rings. The van der Waals surface area contributed by atoms with Gasteiger partial charge in [0, 0.05) is 26.2 Å². The third kappa shape index (κ3) is 8.61. The first kappa shape index (κ1) is 17.9. The molecule has 4 nitrogen and oxygen atoms in total. The Balaban J connectivity index is 0.00000324. The van der Waals surface area contributed by atoms with E-state index in [1.807, 2.05) is 6.07 Å². The van der Waals surface area contributed by atoms with Crippen LogP contribution in [-0.2, 0) is 6.54 Å². The van der Waals surface area contributed by atoms with Crippen LogP contribution in [0.1, 0.15) is 19.4 Å². The maximum atomic E-state index is 4.47. The van der Waals surface area contributed by atoms with Crippen molar-refractivity contribution in [2.24, 2.45) is 4.99 Å². The largest absolute Gasteiger partial charge is 0.357 e. The summed E-state index contributed by atoms with van der Waals surface area (Å²) in [6.07, 6.45) is 0. The lowest BCUT2D eigenvalue weighted by molar-refractivity contribution is 0.690. The molecular weight excluding hydrogens is 304 g/mol. The minimum Gasteiger partial charge on any atom is -0.357 e. The molecule has 1 rings (SSSR count). The van der Waals surface area contributed by atoms with Gasteiger partial charge in [0.2, 0.25) is 0 Å². The normalized spacial score (nSPS) is 9.37. The van der Waals surface area contributed by atoms with Crippen molar-refractivity contribution in [2.75, 3.05) is 26.2 Å². The minimum atomic E-state index is 0. The smallest absolute Gasteiger partial charge is 0.191 e. The Bertz CT molecular complexity index is 333. The van der Waals surface area contributed by atoms with Crippen LogP contribution in [0.25, 0.3) is 0 Å². The third-order valence-corrected chi connectivity index (χ3v) is 2.42. The number of nitrogens with zero attached hydrogens (tertiary/aromatic N) is 1. The molecule has 0 atom stereocenters. The molecule has 0 spiro atoms. The summed E-state index contributed by atoms with van der Waals surface area (Å²) >= 11 is 0. The predicted octanol–water partition coefficient (Wildman–Crippen LogP) is 1.93. The van der Waals surface area contributed by atoms with Crippen molar-refractivity contribution >= 4 is 22.9 Å². The zero-order valence-corrected chi connectivity index (χ0v) is 13.5. The van der Waals surface area contributed by atoms with Gasteiger partial charge in [-0.3, -0.25) is 4.99 Å². The van der Waals surface area contributed by atoms with Gasteiger partial charge in [-0.1, -0.05) is 30.3 Å². The summed E-state index contributed by atoms with van der Waals surface area (Å²) in [6, 6.07) is 10.4. The SMILES string of the molecule is Br.CCNC(=NCCNCc1ccccc1)NCC. The van der Waals surface area contributed by atoms with Gasteiger partial charge in [0.15, 0.2) is 5.96 Å². The standard InChI is InChI=1S/C14H24N4.BrH/c1-3-16-14(17-4-2)18-11-10-15-12-13-8-6-5-7-9-13;/h5-9,15H,3-4,10-12H2,1-2H3,(H2,16,17,18);1H. The molecule has 0 radical (unpaired) electrons. The van der Waals surface area contributed by atoms with E-state index in [0.29, 0.717) is 0 Å². The number of halogens is 1. The number of nitrogens with one attached hydrogen (secondary N) is 3. The second-order valence-electron chi connectivity index (χ2n) is 3.95. The molecule has 0 unspecified atom stereocenters. The van der Waals surface area contributed by atoms with Crippen molar-refractivity contribution in [2.45, 2.75) is 20.4 Å². The minimum absolute atomic E-state index is 0. The predicted molar refractivity (Wildman–Crippen MR) is 88.1 cm³/mol. The van der Waals surface area contributed by atoms with Crippen LogP contribution in [0.5, 0.6) is 0 Å². The molecule has 0 amide bonds. The van der Waals surface area contributed by atoms with Crippen LogP contribution in [-0.4, -0.2) is 32.1 Å². The second-order valence-corrected chi connectivity index (χ2v) is 3.95. The van der Waals surface area contributed by atoms with E-state index in [-0.39, 0.29) is 17.0 Å². The van der Waals surface area contributed by atoms with Crippen LogP contribution in [0.3, 0.4) is 0 Å². The van der Waals surface area contributed by atoms with Crippen LogP contribution in [0.2, 0.25) is 0 Å². The van der Waals surface area contributed by atoms with Crippen LogP contribution in [0, 0.1) is 0 Å². The van der Waals surface area contributed by atoms with Crippen molar-refractivity contribution < 1.29 is 0 Å². The van der Waals surface area contributed by atoms with Crippen molar-refractivity contribution in [1.29, 1.82) is 0 Å². The average molecular weight is 329 g/mol. The van der Waals surface area contributed by atoms with Gasteiger partial charge in [0.1, 0.15) is 0 Å². The van der Waals surface area contributed by atoms with E-state index in [9.17, 15) is 0 Å². The van der Waals surface area contributed by atoms with E-state index in [2.05, 4.69) is 59.1 Å². The molecule has 0 saturated heterocycles. The van der Waals surface area contributed by atoms with Crippen LogP contribution in [0.15, 0.2) is 35.3 Å². The average Bonchev–Trinajstić information content (AvgIpc) is 2.40. The number of benzene rings is 1. The molecule has 0 saturated carbocycles.